The van der Waals surface area contributed by atoms with Gasteiger partial charge in [-0.2, -0.15) is 0 Å². The van der Waals surface area contributed by atoms with Crippen LogP contribution in [0.1, 0.15) is 37.8 Å². The summed E-state index contributed by atoms with van der Waals surface area (Å²) < 4.78 is 5.77. The van der Waals surface area contributed by atoms with Gasteiger partial charge in [0.1, 0.15) is 0 Å². The predicted molar refractivity (Wildman–Crippen MR) is 76.2 cm³/mol. The van der Waals surface area contributed by atoms with Crippen LogP contribution in [0.4, 0.5) is 0 Å². The van der Waals surface area contributed by atoms with Gasteiger partial charge < -0.3 is 9.73 Å². The van der Waals surface area contributed by atoms with Gasteiger partial charge in [-0.15, -0.1) is 10.2 Å². The molecule has 2 rings (SSSR count). The standard InChI is InChI=1S/C14H18ClN3O/c1-4-12(16-5-2)14-18-17-13(19-14)10-7-6-8-11(15)9(10)3/h6-8,12,16H,4-5H2,1-3H3. The van der Waals surface area contributed by atoms with Crippen LogP contribution in [0.25, 0.3) is 11.5 Å². The van der Waals surface area contributed by atoms with Gasteiger partial charge in [0, 0.05) is 10.6 Å². The van der Waals surface area contributed by atoms with Crippen molar-refractivity contribution >= 4 is 11.6 Å². The van der Waals surface area contributed by atoms with Crippen molar-refractivity contribution in [1.29, 1.82) is 0 Å². The number of nitrogens with one attached hydrogen (secondary N) is 1. The Hall–Kier alpha value is -1.39. The van der Waals surface area contributed by atoms with E-state index in [1.165, 1.54) is 0 Å². The Morgan fingerprint density at radius 1 is 1.32 bits per heavy atom. The maximum atomic E-state index is 6.11. The molecule has 1 aromatic carbocycles. The Balaban J connectivity index is 2.32. The number of rotatable bonds is 5. The van der Waals surface area contributed by atoms with Crippen molar-refractivity contribution < 1.29 is 4.42 Å². The molecule has 0 fully saturated rings. The molecule has 1 aromatic heterocycles. The summed E-state index contributed by atoms with van der Waals surface area (Å²) in [6, 6.07) is 5.78. The molecule has 0 radical (unpaired) electrons. The van der Waals surface area contributed by atoms with E-state index in [2.05, 4.69) is 29.4 Å². The van der Waals surface area contributed by atoms with Gasteiger partial charge in [-0.25, -0.2) is 0 Å². The van der Waals surface area contributed by atoms with Crippen LogP contribution in [-0.4, -0.2) is 16.7 Å². The minimum absolute atomic E-state index is 0.103. The van der Waals surface area contributed by atoms with Gasteiger partial charge in [0.15, 0.2) is 0 Å². The topological polar surface area (TPSA) is 51.0 Å². The summed E-state index contributed by atoms with van der Waals surface area (Å²) in [7, 11) is 0. The first-order valence-corrected chi connectivity index (χ1v) is 6.87. The average Bonchev–Trinajstić information content (AvgIpc) is 2.88. The monoisotopic (exact) mass is 279 g/mol. The first-order chi connectivity index (χ1) is 9.17. The highest BCUT2D eigenvalue weighted by atomic mass is 35.5. The molecule has 2 aromatic rings. The molecule has 0 aliphatic carbocycles. The van der Waals surface area contributed by atoms with Crippen molar-refractivity contribution in [3.8, 4) is 11.5 Å². The molecule has 0 saturated carbocycles. The van der Waals surface area contributed by atoms with Gasteiger partial charge in [-0.05, 0) is 37.6 Å². The SMILES string of the molecule is CCNC(CC)c1nnc(-c2cccc(Cl)c2C)o1. The van der Waals surface area contributed by atoms with Crippen molar-refractivity contribution in [1.82, 2.24) is 15.5 Å². The van der Waals surface area contributed by atoms with Crippen LogP contribution in [0, 0.1) is 6.92 Å². The average molecular weight is 280 g/mol. The van der Waals surface area contributed by atoms with Crippen LogP contribution in [0.15, 0.2) is 22.6 Å². The first kappa shape index (κ1) is 14.0. The summed E-state index contributed by atoms with van der Waals surface area (Å²) >= 11 is 6.11. The lowest BCUT2D eigenvalue weighted by atomic mass is 10.1. The second kappa shape index (κ2) is 6.17. The molecule has 0 saturated heterocycles. The van der Waals surface area contributed by atoms with E-state index in [-0.39, 0.29) is 6.04 Å². The Morgan fingerprint density at radius 3 is 2.79 bits per heavy atom. The minimum atomic E-state index is 0.103. The fourth-order valence-electron chi connectivity index (χ4n) is 1.98. The summed E-state index contributed by atoms with van der Waals surface area (Å²) in [6.07, 6.45) is 0.907. The van der Waals surface area contributed by atoms with E-state index in [0.29, 0.717) is 16.8 Å². The van der Waals surface area contributed by atoms with E-state index in [0.717, 1.165) is 24.1 Å². The van der Waals surface area contributed by atoms with Gasteiger partial charge >= 0.3 is 0 Å². The number of halogens is 1. The number of benzene rings is 1. The molecular formula is C14H18ClN3O. The number of hydrogen-bond donors (Lipinski definition) is 1. The maximum absolute atomic E-state index is 6.11. The zero-order valence-electron chi connectivity index (χ0n) is 11.4. The molecule has 102 valence electrons. The number of hydrogen-bond acceptors (Lipinski definition) is 4. The van der Waals surface area contributed by atoms with Crippen LogP contribution in [0.5, 0.6) is 0 Å². The largest absolute Gasteiger partial charge is 0.419 e. The fraction of sp³-hybridized carbons (Fsp3) is 0.429. The van der Waals surface area contributed by atoms with E-state index in [9.17, 15) is 0 Å². The van der Waals surface area contributed by atoms with Crippen molar-refractivity contribution in [2.45, 2.75) is 33.2 Å². The molecule has 0 aliphatic rings. The molecule has 0 amide bonds. The molecule has 19 heavy (non-hydrogen) atoms. The first-order valence-electron chi connectivity index (χ1n) is 6.49. The Labute approximate surface area is 118 Å². The van der Waals surface area contributed by atoms with Crippen molar-refractivity contribution in [2.24, 2.45) is 0 Å². The molecule has 1 atom stereocenters. The van der Waals surface area contributed by atoms with E-state index in [1.54, 1.807) is 0 Å². The van der Waals surface area contributed by atoms with Gasteiger partial charge in [-0.1, -0.05) is 31.5 Å². The van der Waals surface area contributed by atoms with E-state index in [1.807, 2.05) is 25.1 Å². The van der Waals surface area contributed by atoms with Crippen LogP contribution in [-0.2, 0) is 0 Å². The van der Waals surface area contributed by atoms with E-state index < -0.39 is 0 Å². The summed E-state index contributed by atoms with van der Waals surface area (Å²) in [4.78, 5) is 0. The zero-order chi connectivity index (χ0) is 13.8. The molecule has 0 aliphatic heterocycles. The van der Waals surface area contributed by atoms with Gasteiger partial charge in [0.2, 0.25) is 11.8 Å². The molecular weight excluding hydrogens is 262 g/mol. The zero-order valence-corrected chi connectivity index (χ0v) is 12.2. The lowest BCUT2D eigenvalue weighted by Crippen LogP contribution is -2.20. The van der Waals surface area contributed by atoms with E-state index >= 15 is 0 Å². The summed E-state index contributed by atoms with van der Waals surface area (Å²) in [5.41, 5.74) is 1.84. The number of aromatic nitrogens is 2. The quantitative estimate of drug-likeness (QED) is 0.905. The van der Waals surface area contributed by atoms with Crippen LogP contribution < -0.4 is 5.32 Å². The second-order valence-corrected chi connectivity index (χ2v) is 4.78. The summed E-state index contributed by atoms with van der Waals surface area (Å²) in [5.74, 6) is 1.14. The summed E-state index contributed by atoms with van der Waals surface area (Å²) in [6.45, 7) is 6.96. The molecule has 1 heterocycles. The number of nitrogens with zero attached hydrogens (tertiary/aromatic N) is 2. The lowest BCUT2D eigenvalue weighted by Gasteiger charge is -2.10. The van der Waals surface area contributed by atoms with Gasteiger partial charge in [0.25, 0.3) is 0 Å². The molecule has 0 bridgehead atoms. The molecule has 0 spiro atoms. The normalized spacial score (nSPS) is 12.6. The third-order valence-electron chi connectivity index (χ3n) is 3.10. The minimum Gasteiger partial charge on any atom is -0.419 e. The maximum Gasteiger partial charge on any atom is 0.248 e. The highest BCUT2D eigenvalue weighted by Crippen LogP contribution is 2.28. The summed E-state index contributed by atoms with van der Waals surface area (Å²) in [5, 5.41) is 12.3. The van der Waals surface area contributed by atoms with E-state index in [4.69, 9.17) is 16.0 Å². The van der Waals surface area contributed by atoms with Crippen LogP contribution in [0.2, 0.25) is 5.02 Å². The highest BCUT2D eigenvalue weighted by molar-refractivity contribution is 6.31. The Bertz CT molecular complexity index is 553. The molecule has 5 heteroatoms. The third-order valence-corrected chi connectivity index (χ3v) is 3.51. The molecule has 1 N–H and O–H groups in total. The van der Waals surface area contributed by atoms with Crippen molar-refractivity contribution in [3.05, 3.63) is 34.7 Å². The fourth-order valence-corrected chi connectivity index (χ4v) is 2.15. The smallest absolute Gasteiger partial charge is 0.248 e. The third kappa shape index (κ3) is 2.96. The predicted octanol–water partition coefficient (Wildman–Crippen LogP) is 3.76. The van der Waals surface area contributed by atoms with Crippen LogP contribution in [0.3, 0.4) is 0 Å². The van der Waals surface area contributed by atoms with Crippen molar-refractivity contribution in [2.75, 3.05) is 6.54 Å². The van der Waals surface area contributed by atoms with Crippen molar-refractivity contribution in [3.63, 3.8) is 0 Å². The van der Waals surface area contributed by atoms with Crippen LogP contribution >= 0.6 is 11.6 Å². The Kier molecular flexibility index (Phi) is 4.56. The van der Waals surface area contributed by atoms with Gasteiger partial charge in [-0.3, -0.25) is 0 Å². The highest BCUT2D eigenvalue weighted by Gasteiger charge is 2.17. The van der Waals surface area contributed by atoms with Gasteiger partial charge in [0.05, 0.1) is 6.04 Å². The molecule has 1 unspecified atom stereocenters. The second-order valence-electron chi connectivity index (χ2n) is 4.38. The molecule has 4 nitrogen and oxygen atoms in total. The Morgan fingerprint density at radius 2 is 2.11 bits per heavy atom. The lowest BCUT2D eigenvalue weighted by molar-refractivity contribution is 0.402.